The Labute approximate surface area is 114 Å². The predicted molar refractivity (Wildman–Crippen MR) is 74.3 cm³/mol. The molecule has 0 unspecified atom stereocenters. The van der Waals surface area contributed by atoms with Crippen molar-refractivity contribution in [2.75, 3.05) is 37.5 Å². The number of rotatable bonds is 2. The lowest BCUT2D eigenvalue weighted by molar-refractivity contribution is 0.160. The molecule has 4 nitrogen and oxygen atoms in total. The minimum Gasteiger partial charge on any atom is -0.381 e. The fraction of sp³-hybridized carbons (Fsp3) is 0.571. The van der Waals surface area contributed by atoms with Gasteiger partial charge in [-0.2, -0.15) is 0 Å². The van der Waals surface area contributed by atoms with Crippen molar-refractivity contribution in [2.45, 2.75) is 17.7 Å². The highest BCUT2D eigenvalue weighted by Gasteiger charge is 2.42. The molecule has 19 heavy (non-hydrogen) atoms. The molecule has 1 aromatic rings. The number of hydrogen-bond donors (Lipinski definition) is 0. The van der Waals surface area contributed by atoms with E-state index in [1.165, 1.54) is 6.26 Å². The van der Waals surface area contributed by atoms with Crippen molar-refractivity contribution >= 4 is 15.5 Å². The maximum atomic E-state index is 11.9. The molecular formula is C14H19NO3S. The lowest BCUT2D eigenvalue weighted by Gasteiger charge is -2.24. The fourth-order valence-electron chi connectivity index (χ4n) is 3.14. The first-order chi connectivity index (χ1) is 9.00. The van der Waals surface area contributed by atoms with Gasteiger partial charge in [0.1, 0.15) is 0 Å². The summed E-state index contributed by atoms with van der Waals surface area (Å²) in [5, 5.41) is 0. The number of ether oxygens (including phenoxy) is 1. The van der Waals surface area contributed by atoms with Crippen LogP contribution in [0.2, 0.25) is 0 Å². The molecule has 0 aliphatic carbocycles. The summed E-state index contributed by atoms with van der Waals surface area (Å²) in [5.41, 5.74) is 1.08. The van der Waals surface area contributed by atoms with Gasteiger partial charge in [0, 0.05) is 31.4 Å². The van der Waals surface area contributed by atoms with Gasteiger partial charge in [-0.25, -0.2) is 8.42 Å². The number of benzene rings is 1. The number of hydrogen-bond acceptors (Lipinski definition) is 4. The van der Waals surface area contributed by atoms with Crippen LogP contribution in [0.25, 0.3) is 0 Å². The van der Waals surface area contributed by atoms with Gasteiger partial charge < -0.3 is 9.64 Å². The number of anilines is 1. The first-order valence-electron chi connectivity index (χ1n) is 6.62. The van der Waals surface area contributed by atoms with Crippen molar-refractivity contribution in [1.82, 2.24) is 0 Å². The number of para-hydroxylation sites is 1. The molecule has 2 aliphatic heterocycles. The van der Waals surface area contributed by atoms with Gasteiger partial charge in [-0.1, -0.05) is 12.1 Å². The summed E-state index contributed by atoms with van der Waals surface area (Å²) in [5.74, 6) is 0. The second kappa shape index (κ2) is 4.49. The average Bonchev–Trinajstić information content (AvgIpc) is 2.99. The Hall–Kier alpha value is -1.07. The maximum Gasteiger partial charge on any atom is 0.177 e. The van der Waals surface area contributed by atoms with E-state index in [1.807, 2.05) is 12.1 Å². The zero-order valence-corrected chi connectivity index (χ0v) is 11.9. The highest BCUT2D eigenvalue weighted by Crippen LogP contribution is 2.41. The van der Waals surface area contributed by atoms with E-state index in [2.05, 4.69) is 4.90 Å². The van der Waals surface area contributed by atoms with E-state index < -0.39 is 9.84 Å². The molecule has 2 aliphatic rings. The van der Waals surface area contributed by atoms with E-state index in [1.54, 1.807) is 12.1 Å². The quantitative estimate of drug-likeness (QED) is 0.828. The lowest BCUT2D eigenvalue weighted by atomic mass is 9.87. The summed E-state index contributed by atoms with van der Waals surface area (Å²) in [6, 6.07) is 7.29. The molecule has 1 atom stereocenters. The highest BCUT2D eigenvalue weighted by atomic mass is 32.2. The molecule has 0 radical (unpaired) electrons. The molecule has 0 aromatic heterocycles. The fourth-order valence-corrected chi connectivity index (χ4v) is 4.05. The summed E-state index contributed by atoms with van der Waals surface area (Å²) in [7, 11) is -3.18. The van der Waals surface area contributed by atoms with Crippen LogP contribution in [0.15, 0.2) is 29.2 Å². The molecule has 3 rings (SSSR count). The van der Waals surface area contributed by atoms with Gasteiger partial charge in [0.25, 0.3) is 0 Å². The molecule has 2 heterocycles. The van der Waals surface area contributed by atoms with E-state index in [-0.39, 0.29) is 5.41 Å². The minimum atomic E-state index is -3.18. The average molecular weight is 281 g/mol. The number of sulfone groups is 1. The van der Waals surface area contributed by atoms with Crippen LogP contribution in [0.1, 0.15) is 12.8 Å². The SMILES string of the molecule is CS(=O)(=O)c1ccccc1N1CC[C@]2(CCOC2)C1. The Morgan fingerprint density at radius 1 is 1.26 bits per heavy atom. The Morgan fingerprint density at radius 3 is 2.74 bits per heavy atom. The lowest BCUT2D eigenvalue weighted by Crippen LogP contribution is -2.28. The van der Waals surface area contributed by atoms with Crippen LogP contribution in [0.5, 0.6) is 0 Å². The predicted octanol–water partition coefficient (Wildman–Crippen LogP) is 1.71. The van der Waals surface area contributed by atoms with Crippen LogP contribution in [0, 0.1) is 5.41 Å². The molecule has 5 heteroatoms. The Bertz CT molecular complexity index is 576. The van der Waals surface area contributed by atoms with Crippen LogP contribution in [0.4, 0.5) is 5.69 Å². The van der Waals surface area contributed by atoms with E-state index in [0.717, 1.165) is 44.8 Å². The summed E-state index contributed by atoms with van der Waals surface area (Å²) in [4.78, 5) is 2.64. The molecule has 0 N–H and O–H groups in total. The van der Waals surface area contributed by atoms with Crippen LogP contribution in [0.3, 0.4) is 0 Å². The zero-order chi connectivity index (χ0) is 13.5. The summed E-state index contributed by atoms with van der Waals surface area (Å²) >= 11 is 0. The van der Waals surface area contributed by atoms with Crippen LogP contribution < -0.4 is 4.90 Å². The summed E-state index contributed by atoms with van der Waals surface area (Å²) < 4.78 is 29.3. The Morgan fingerprint density at radius 2 is 2.05 bits per heavy atom. The summed E-state index contributed by atoms with van der Waals surface area (Å²) in [6.45, 7) is 3.46. The van der Waals surface area contributed by atoms with E-state index in [0.29, 0.717) is 4.90 Å². The molecule has 1 aromatic carbocycles. The third-order valence-corrected chi connectivity index (χ3v) is 5.37. The van der Waals surface area contributed by atoms with E-state index in [9.17, 15) is 8.42 Å². The minimum absolute atomic E-state index is 0.241. The van der Waals surface area contributed by atoms with Crippen molar-refractivity contribution in [3.05, 3.63) is 24.3 Å². The topological polar surface area (TPSA) is 46.6 Å². The Balaban J connectivity index is 1.92. The third kappa shape index (κ3) is 2.37. The van der Waals surface area contributed by atoms with Gasteiger partial charge in [0.2, 0.25) is 0 Å². The smallest absolute Gasteiger partial charge is 0.177 e. The molecular weight excluding hydrogens is 262 g/mol. The second-order valence-corrected chi connectivity index (χ2v) is 7.70. The first kappa shape index (κ1) is 12.9. The molecule has 1 spiro atoms. The maximum absolute atomic E-state index is 11.9. The van der Waals surface area contributed by atoms with Gasteiger partial charge in [-0.05, 0) is 25.0 Å². The van der Waals surface area contributed by atoms with Crippen LogP contribution >= 0.6 is 0 Å². The van der Waals surface area contributed by atoms with Gasteiger partial charge in [-0.3, -0.25) is 0 Å². The highest BCUT2D eigenvalue weighted by molar-refractivity contribution is 7.90. The molecule has 0 amide bonds. The Kier molecular flexibility index (Phi) is 3.06. The van der Waals surface area contributed by atoms with Gasteiger partial charge in [-0.15, -0.1) is 0 Å². The van der Waals surface area contributed by atoms with E-state index in [4.69, 9.17) is 4.74 Å². The monoisotopic (exact) mass is 281 g/mol. The molecule has 2 saturated heterocycles. The van der Waals surface area contributed by atoms with E-state index >= 15 is 0 Å². The normalized spacial score (nSPS) is 27.3. The van der Waals surface area contributed by atoms with Gasteiger partial charge >= 0.3 is 0 Å². The first-order valence-corrected chi connectivity index (χ1v) is 8.51. The second-order valence-electron chi connectivity index (χ2n) is 5.71. The molecule has 104 valence electrons. The zero-order valence-electron chi connectivity index (χ0n) is 11.1. The molecule has 2 fully saturated rings. The van der Waals surface area contributed by atoms with Crippen molar-refractivity contribution in [1.29, 1.82) is 0 Å². The largest absolute Gasteiger partial charge is 0.381 e. The van der Waals surface area contributed by atoms with Crippen molar-refractivity contribution in [3.8, 4) is 0 Å². The number of nitrogens with zero attached hydrogens (tertiary/aromatic N) is 1. The van der Waals surface area contributed by atoms with Crippen LogP contribution in [-0.4, -0.2) is 41.0 Å². The van der Waals surface area contributed by atoms with Crippen molar-refractivity contribution < 1.29 is 13.2 Å². The standard InChI is InChI=1S/C14H19NO3S/c1-19(16,17)13-5-3-2-4-12(13)15-8-6-14(10-15)7-9-18-11-14/h2-5H,6-11H2,1H3/t14-/m0/s1. The van der Waals surface area contributed by atoms with Crippen molar-refractivity contribution in [2.24, 2.45) is 5.41 Å². The molecule has 0 bridgehead atoms. The van der Waals surface area contributed by atoms with Crippen LogP contribution in [-0.2, 0) is 14.6 Å². The third-order valence-electron chi connectivity index (χ3n) is 4.23. The van der Waals surface area contributed by atoms with Crippen molar-refractivity contribution in [3.63, 3.8) is 0 Å². The van der Waals surface area contributed by atoms with Gasteiger partial charge in [0.15, 0.2) is 9.84 Å². The molecule has 0 saturated carbocycles. The van der Waals surface area contributed by atoms with Gasteiger partial charge in [0.05, 0.1) is 17.2 Å². The summed E-state index contributed by atoms with van der Waals surface area (Å²) in [6.07, 6.45) is 3.45.